The number of hydrogen-bond donors (Lipinski definition) is 0. The maximum absolute atomic E-state index is 14.6. The van der Waals surface area contributed by atoms with E-state index in [1.165, 1.54) is 0 Å². The summed E-state index contributed by atoms with van der Waals surface area (Å²) in [5, 5.41) is 0. The van der Waals surface area contributed by atoms with Crippen LogP contribution >= 0.6 is 0 Å². The molecule has 0 amide bonds. The van der Waals surface area contributed by atoms with Crippen molar-refractivity contribution >= 4 is 5.69 Å². The minimum Gasteiger partial charge on any atom is -0.369 e. The molecule has 0 radical (unpaired) electrons. The van der Waals surface area contributed by atoms with Gasteiger partial charge in [-0.05, 0) is 56.8 Å². The molecular weight excluding hydrogens is 327 g/mol. The highest BCUT2D eigenvalue weighted by Crippen LogP contribution is 2.25. The van der Waals surface area contributed by atoms with Crippen molar-refractivity contribution in [2.75, 3.05) is 45.2 Å². The minimum atomic E-state index is -0.102. The standard InChI is InChI=1S/C21H29FN4/c1-24(2)13-14-25(17-19-7-3-4-10-23-19)16-18-8-9-21(20(22)15-18)26-11-5-6-12-26/h3-4,7-10,15H,5-6,11-14,16-17H2,1-2H3. The summed E-state index contributed by atoms with van der Waals surface area (Å²) in [7, 11) is 4.15. The molecular formula is C21H29FN4. The molecule has 5 heteroatoms. The lowest BCUT2D eigenvalue weighted by Gasteiger charge is -2.25. The van der Waals surface area contributed by atoms with Crippen LogP contribution in [0.2, 0.25) is 0 Å². The zero-order valence-electron chi connectivity index (χ0n) is 15.9. The molecule has 3 rings (SSSR count). The summed E-state index contributed by atoms with van der Waals surface area (Å²) in [6.07, 6.45) is 4.14. The normalized spacial score (nSPS) is 14.6. The first kappa shape index (κ1) is 18.8. The highest BCUT2D eigenvalue weighted by Gasteiger charge is 2.17. The van der Waals surface area contributed by atoms with Crippen molar-refractivity contribution in [1.29, 1.82) is 0 Å². The summed E-state index contributed by atoms with van der Waals surface area (Å²) in [6.45, 7) is 5.29. The van der Waals surface area contributed by atoms with Crippen molar-refractivity contribution in [1.82, 2.24) is 14.8 Å². The van der Waals surface area contributed by atoms with Gasteiger partial charge in [0.1, 0.15) is 5.82 Å². The highest BCUT2D eigenvalue weighted by molar-refractivity contribution is 5.49. The molecule has 1 aromatic carbocycles. The van der Waals surface area contributed by atoms with Gasteiger partial charge in [-0.3, -0.25) is 9.88 Å². The van der Waals surface area contributed by atoms with Gasteiger partial charge < -0.3 is 9.80 Å². The zero-order valence-corrected chi connectivity index (χ0v) is 15.9. The Balaban J connectivity index is 1.69. The van der Waals surface area contributed by atoms with Gasteiger partial charge in [0, 0.05) is 45.5 Å². The van der Waals surface area contributed by atoms with Gasteiger partial charge in [-0.1, -0.05) is 12.1 Å². The number of pyridine rings is 1. The molecule has 0 N–H and O–H groups in total. The van der Waals surface area contributed by atoms with Crippen LogP contribution < -0.4 is 4.90 Å². The number of anilines is 1. The Hall–Kier alpha value is -1.98. The van der Waals surface area contributed by atoms with Gasteiger partial charge in [-0.15, -0.1) is 0 Å². The van der Waals surface area contributed by atoms with Crippen molar-refractivity contribution in [3.63, 3.8) is 0 Å². The third-order valence-electron chi connectivity index (χ3n) is 4.84. The van der Waals surface area contributed by atoms with Crippen LogP contribution in [0.25, 0.3) is 0 Å². The number of aromatic nitrogens is 1. The van der Waals surface area contributed by atoms with Crippen LogP contribution in [0.1, 0.15) is 24.1 Å². The Kier molecular flexibility index (Phi) is 6.58. The first-order valence-corrected chi connectivity index (χ1v) is 9.42. The van der Waals surface area contributed by atoms with Crippen molar-refractivity contribution in [2.24, 2.45) is 0 Å². The lowest BCUT2D eigenvalue weighted by molar-refractivity contribution is 0.224. The van der Waals surface area contributed by atoms with Crippen molar-refractivity contribution in [3.05, 3.63) is 59.7 Å². The topological polar surface area (TPSA) is 22.6 Å². The summed E-state index contributed by atoms with van der Waals surface area (Å²) in [5.41, 5.74) is 2.80. The van der Waals surface area contributed by atoms with E-state index in [1.54, 1.807) is 6.07 Å². The molecule has 1 aliphatic heterocycles. The summed E-state index contributed by atoms with van der Waals surface area (Å²) < 4.78 is 14.6. The first-order chi connectivity index (χ1) is 12.6. The van der Waals surface area contributed by atoms with Crippen LogP contribution in [0, 0.1) is 5.82 Å². The van der Waals surface area contributed by atoms with Gasteiger partial charge in [0.2, 0.25) is 0 Å². The number of halogens is 1. The average Bonchev–Trinajstić information content (AvgIpc) is 3.15. The first-order valence-electron chi connectivity index (χ1n) is 9.42. The maximum Gasteiger partial charge on any atom is 0.146 e. The second-order valence-corrected chi connectivity index (χ2v) is 7.31. The zero-order chi connectivity index (χ0) is 18.4. The molecule has 1 fully saturated rings. The van der Waals surface area contributed by atoms with E-state index in [4.69, 9.17) is 0 Å². The average molecular weight is 356 g/mol. The second-order valence-electron chi connectivity index (χ2n) is 7.31. The number of hydrogen-bond acceptors (Lipinski definition) is 4. The van der Waals surface area contributed by atoms with Crippen LogP contribution in [0.3, 0.4) is 0 Å². The second kappa shape index (κ2) is 9.10. The SMILES string of the molecule is CN(C)CCN(Cc1ccc(N2CCCC2)c(F)c1)Cc1ccccn1. The summed E-state index contributed by atoms with van der Waals surface area (Å²) in [5.74, 6) is -0.102. The fourth-order valence-electron chi connectivity index (χ4n) is 3.40. The van der Waals surface area contributed by atoms with E-state index in [-0.39, 0.29) is 5.82 Å². The summed E-state index contributed by atoms with van der Waals surface area (Å²) >= 11 is 0. The quantitative estimate of drug-likeness (QED) is 0.723. The van der Waals surface area contributed by atoms with Crippen LogP contribution in [-0.2, 0) is 13.1 Å². The van der Waals surface area contributed by atoms with Gasteiger partial charge >= 0.3 is 0 Å². The molecule has 0 atom stereocenters. The number of likely N-dealkylation sites (N-methyl/N-ethyl adjacent to an activating group) is 1. The number of benzene rings is 1. The predicted molar refractivity (Wildman–Crippen MR) is 105 cm³/mol. The summed E-state index contributed by atoms with van der Waals surface area (Å²) in [6, 6.07) is 11.7. The van der Waals surface area contributed by atoms with E-state index >= 15 is 0 Å². The molecule has 2 aromatic rings. The fourth-order valence-corrected chi connectivity index (χ4v) is 3.40. The van der Waals surface area contributed by atoms with Gasteiger partial charge in [0.05, 0.1) is 11.4 Å². The van der Waals surface area contributed by atoms with Gasteiger partial charge in [-0.25, -0.2) is 4.39 Å². The maximum atomic E-state index is 14.6. The Labute approximate surface area is 156 Å². The Morgan fingerprint density at radius 2 is 1.85 bits per heavy atom. The molecule has 0 unspecified atom stereocenters. The van der Waals surface area contributed by atoms with Crippen LogP contribution in [0.15, 0.2) is 42.6 Å². The fraction of sp³-hybridized carbons (Fsp3) is 0.476. The van der Waals surface area contributed by atoms with E-state index < -0.39 is 0 Å². The van der Waals surface area contributed by atoms with Crippen molar-refractivity contribution < 1.29 is 4.39 Å². The molecule has 2 heterocycles. The predicted octanol–water partition coefficient (Wildman–Crippen LogP) is 3.38. The highest BCUT2D eigenvalue weighted by atomic mass is 19.1. The van der Waals surface area contributed by atoms with E-state index in [9.17, 15) is 4.39 Å². The van der Waals surface area contributed by atoms with E-state index in [0.717, 1.165) is 69.1 Å². The smallest absolute Gasteiger partial charge is 0.146 e. The molecule has 0 saturated carbocycles. The van der Waals surface area contributed by atoms with Crippen molar-refractivity contribution in [3.8, 4) is 0 Å². The number of rotatable bonds is 8. The van der Waals surface area contributed by atoms with Gasteiger partial charge in [0.15, 0.2) is 0 Å². The Morgan fingerprint density at radius 1 is 1.04 bits per heavy atom. The minimum absolute atomic E-state index is 0.102. The van der Waals surface area contributed by atoms with Crippen LogP contribution in [-0.4, -0.2) is 55.1 Å². The summed E-state index contributed by atoms with van der Waals surface area (Å²) in [4.78, 5) is 11.1. The molecule has 0 aliphatic carbocycles. The van der Waals surface area contributed by atoms with E-state index in [1.807, 2.05) is 30.5 Å². The lowest BCUT2D eigenvalue weighted by atomic mass is 10.1. The molecule has 140 valence electrons. The van der Waals surface area contributed by atoms with E-state index in [0.29, 0.717) is 0 Å². The van der Waals surface area contributed by atoms with Crippen molar-refractivity contribution in [2.45, 2.75) is 25.9 Å². The molecule has 1 saturated heterocycles. The van der Waals surface area contributed by atoms with Crippen LogP contribution in [0.4, 0.5) is 10.1 Å². The Bertz CT molecular complexity index is 684. The molecule has 4 nitrogen and oxygen atoms in total. The number of nitrogens with zero attached hydrogens (tertiary/aromatic N) is 4. The molecule has 1 aliphatic rings. The molecule has 26 heavy (non-hydrogen) atoms. The third-order valence-corrected chi connectivity index (χ3v) is 4.84. The lowest BCUT2D eigenvalue weighted by Crippen LogP contribution is -2.31. The molecule has 0 spiro atoms. The van der Waals surface area contributed by atoms with E-state index in [2.05, 4.69) is 39.8 Å². The monoisotopic (exact) mass is 356 g/mol. The Morgan fingerprint density at radius 3 is 2.50 bits per heavy atom. The van der Waals surface area contributed by atoms with Gasteiger partial charge in [0.25, 0.3) is 0 Å². The molecule has 0 bridgehead atoms. The third kappa shape index (κ3) is 5.26. The molecule has 1 aromatic heterocycles. The van der Waals surface area contributed by atoms with Gasteiger partial charge in [-0.2, -0.15) is 0 Å². The largest absolute Gasteiger partial charge is 0.369 e. The van der Waals surface area contributed by atoms with Crippen LogP contribution in [0.5, 0.6) is 0 Å².